The van der Waals surface area contributed by atoms with Crippen molar-refractivity contribution >= 4 is 0 Å². The fourth-order valence-corrected chi connectivity index (χ4v) is 2.64. The van der Waals surface area contributed by atoms with E-state index < -0.39 is 0 Å². The van der Waals surface area contributed by atoms with Crippen LogP contribution >= 0.6 is 0 Å². The number of hydrogen-bond acceptors (Lipinski definition) is 2. The van der Waals surface area contributed by atoms with Gasteiger partial charge >= 0.3 is 0 Å². The Bertz CT molecular complexity index is 325. The van der Waals surface area contributed by atoms with Gasteiger partial charge < -0.3 is 10.4 Å². The first-order valence-electron chi connectivity index (χ1n) is 6.14. The Hall–Kier alpha value is -0.860. The average Bonchev–Trinajstić information content (AvgIpc) is 2.71. The standard InChI is InChI=1S/C14H21NO/c1-12-7-8-14(9-12,11-16)15-10-13-5-3-2-4-6-13/h2-6,12,15-16H,7-11H2,1H3. The first-order chi connectivity index (χ1) is 7.74. The maximum absolute atomic E-state index is 9.55. The molecule has 1 aliphatic rings. The molecule has 2 rings (SSSR count). The Balaban J connectivity index is 1.93. The van der Waals surface area contributed by atoms with Gasteiger partial charge in [0.05, 0.1) is 6.61 Å². The maximum Gasteiger partial charge on any atom is 0.0613 e. The summed E-state index contributed by atoms with van der Waals surface area (Å²) in [5.41, 5.74) is 1.25. The number of nitrogens with one attached hydrogen (secondary N) is 1. The summed E-state index contributed by atoms with van der Waals surface area (Å²) >= 11 is 0. The van der Waals surface area contributed by atoms with E-state index in [0.717, 1.165) is 25.3 Å². The summed E-state index contributed by atoms with van der Waals surface area (Å²) in [4.78, 5) is 0. The van der Waals surface area contributed by atoms with Gasteiger partial charge in [-0.05, 0) is 30.7 Å². The van der Waals surface area contributed by atoms with E-state index >= 15 is 0 Å². The molecule has 1 aromatic carbocycles. The molecular weight excluding hydrogens is 198 g/mol. The Kier molecular flexibility index (Phi) is 3.62. The van der Waals surface area contributed by atoms with E-state index in [-0.39, 0.29) is 12.1 Å². The van der Waals surface area contributed by atoms with Crippen LogP contribution in [0.2, 0.25) is 0 Å². The second-order valence-electron chi connectivity index (χ2n) is 5.13. The highest BCUT2D eigenvalue weighted by atomic mass is 16.3. The quantitative estimate of drug-likeness (QED) is 0.814. The third kappa shape index (κ3) is 2.63. The van der Waals surface area contributed by atoms with E-state index in [0.29, 0.717) is 0 Å². The minimum absolute atomic E-state index is 0.0325. The van der Waals surface area contributed by atoms with Crippen LogP contribution in [0.15, 0.2) is 30.3 Å². The summed E-state index contributed by atoms with van der Waals surface area (Å²) in [5, 5.41) is 13.1. The van der Waals surface area contributed by atoms with E-state index in [9.17, 15) is 5.11 Å². The average molecular weight is 219 g/mol. The monoisotopic (exact) mass is 219 g/mol. The summed E-state index contributed by atoms with van der Waals surface area (Å²) in [7, 11) is 0. The van der Waals surface area contributed by atoms with Crippen molar-refractivity contribution in [3.8, 4) is 0 Å². The van der Waals surface area contributed by atoms with Crippen LogP contribution in [0.4, 0.5) is 0 Å². The number of aliphatic hydroxyl groups is 1. The zero-order valence-electron chi connectivity index (χ0n) is 9.95. The highest BCUT2D eigenvalue weighted by molar-refractivity contribution is 5.15. The van der Waals surface area contributed by atoms with Gasteiger partial charge in [-0.3, -0.25) is 0 Å². The minimum atomic E-state index is -0.0325. The highest BCUT2D eigenvalue weighted by Gasteiger charge is 2.36. The molecule has 2 atom stereocenters. The lowest BCUT2D eigenvalue weighted by Gasteiger charge is -2.28. The van der Waals surface area contributed by atoms with Crippen LogP contribution in [0.5, 0.6) is 0 Å². The second kappa shape index (κ2) is 4.98. The van der Waals surface area contributed by atoms with Gasteiger partial charge in [0.2, 0.25) is 0 Å². The molecule has 1 aliphatic carbocycles. The van der Waals surface area contributed by atoms with Gasteiger partial charge in [0, 0.05) is 12.1 Å². The molecule has 0 bridgehead atoms. The molecule has 1 saturated carbocycles. The lowest BCUT2D eigenvalue weighted by molar-refractivity contribution is 0.159. The zero-order chi connectivity index (χ0) is 11.4. The van der Waals surface area contributed by atoms with Crippen molar-refractivity contribution in [2.45, 2.75) is 38.3 Å². The lowest BCUT2D eigenvalue weighted by Crippen LogP contribution is -2.45. The molecule has 1 fully saturated rings. The van der Waals surface area contributed by atoms with Gasteiger partial charge in [0.25, 0.3) is 0 Å². The summed E-state index contributed by atoms with van der Waals surface area (Å²) < 4.78 is 0. The number of benzene rings is 1. The largest absolute Gasteiger partial charge is 0.394 e. The van der Waals surface area contributed by atoms with Crippen molar-refractivity contribution < 1.29 is 5.11 Å². The van der Waals surface area contributed by atoms with Crippen LogP contribution in [0.3, 0.4) is 0 Å². The normalized spacial score (nSPS) is 29.5. The molecule has 0 aromatic heterocycles. The summed E-state index contributed by atoms with van der Waals surface area (Å²) in [6.07, 6.45) is 3.41. The fourth-order valence-electron chi connectivity index (χ4n) is 2.64. The van der Waals surface area contributed by atoms with E-state index in [1.807, 2.05) is 6.07 Å². The Morgan fingerprint density at radius 1 is 1.38 bits per heavy atom. The van der Waals surface area contributed by atoms with E-state index in [2.05, 4.69) is 36.5 Å². The third-order valence-corrected chi connectivity index (χ3v) is 3.67. The van der Waals surface area contributed by atoms with Crippen molar-refractivity contribution in [1.82, 2.24) is 5.32 Å². The molecule has 0 spiro atoms. The van der Waals surface area contributed by atoms with Gasteiger partial charge in [0.15, 0.2) is 0 Å². The number of hydrogen-bond donors (Lipinski definition) is 2. The van der Waals surface area contributed by atoms with E-state index in [4.69, 9.17) is 0 Å². The van der Waals surface area contributed by atoms with Crippen molar-refractivity contribution in [2.75, 3.05) is 6.61 Å². The first kappa shape index (κ1) is 11.6. The molecule has 2 unspecified atom stereocenters. The molecule has 2 heteroatoms. The van der Waals surface area contributed by atoms with Gasteiger partial charge in [-0.1, -0.05) is 37.3 Å². The molecule has 16 heavy (non-hydrogen) atoms. The molecule has 0 saturated heterocycles. The van der Waals surface area contributed by atoms with Gasteiger partial charge in [-0.25, -0.2) is 0 Å². The first-order valence-corrected chi connectivity index (χ1v) is 6.14. The lowest BCUT2D eigenvalue weighted by atomic mass is 9.97. The summed E-state index contributed by atoms with van der Waals surface area (Å²) in [5.74, 6) is 0.732. The SMILES string of the molecule is CC1CCC(CO)(NCc2ccccc2)C1. The van der Waals surface area contributed by atoms with Crippen molar-refractivity contribution in [3.63, 3.8) is 0 Å². The molecule has 0 heterocycles. The number of rotatable bonds is 4. The van der Waals surface area contributed by atoms with E-state index in [1.54, 1.807) is 0 Å². The molecule has 88 valence electrons. The number of aliphatic hydroxyl groups excluding tert-OH is 1. The molecule has 0 radical (unpaired) electrons. The van der Waals surface area contributed by atoms with Gasteiger partial charge in [0.1, 0.15) is 0 Å². The highest BCUT2D eigenvalue weighted by Crippen LogP contribution is 2.34. The fraction of sp³-hybridized carbons (Fsp3) is 0.571. The summed E-state index contributed by atoms with van der Waals surface area (Å²) in [6.45, 7) is 3.37. The Morgan fingerprint density at radius 2 is 2.12 bits per heavy atom. The van der Waals surface area contributed by atoms with Crippen molar-refractivity contribution in [3.05, 3.63) is 35.9 Å². The Labute approximate surface area is 97.7 Å². The third-order valence-electron chi connectivity index (χ3n) is 3.67. The maximum atomic E-state index is 9.55. The molecule has 2 nitrogen and oxygen atoms in total. The molecular formula is C14H21NO. The summed E-state index contributed by atoms with van der Waals surface area (Å²) in [6, 6.07) is 10.4. The van der Waals surface area contributed by atoms with Crippen LogP contribution in [0.25, 0.3) is 0 Å². The smallest absolute Gasteiger partial charge is 0.0613 e. The molecule has 2 N–H and O–H groups in total. The minimum Gasteiger partial charge on any atom is -0.394 e. The van der Waals surface area contributed by atoms with Crippen LogP contribution < -0.4 is 5.32 Å². The predicted octanol–water partition coefficient (Wildman–Crippen LogP) is 2.33. The van der Waals surface area contributed by atoms with Crippen molar-refractivity contribution in [2.24, 2.45) is 5.92 Å². The van der Waals surface area contributed by atoms with Crippen LogP contribution in [-0.2, 0) is 6.54 Å². The van der Waals surface area contributed by atoms with E-state index in [1.165, 1.54) is 12.0 Å². The second-order valence-corrected chi connectivity index (χ2v) is 5.13. The predicted molar refractivity (Wildman–Crippen MR) is 66.1 cm³/mol. The topological polar surface area (TPSA) is 32.3 Å². The van der Waals surface area contributed by atoms with Gasteiger partial charge in [-0.15, -0.1) is 0 Å². The van der Waals surface area contributed by atoms with Gasteiger partial charge in [-0.2, -0.15) is 0 Å². The van der Waals surface area contributed by atoms with Crippen LogP contribution in [-0.4, -0.2) is 17.3 Å². The van der Waals surface area contributed by atoms with Crippen LogP contribution in [0.1, 0.15) is 31.7 Å². The van der Waals surface area contributed by atoms with Crippen molar-refractivity contribution in [1.29, 1.82) is 0 Å². The molecule has 0 aliphatic heterocycles. The zero-order valence-corrected chi connectivity index (χ0v) is 9.95. The Morgan fingerprint density at radius 3 is 2.69 bits per heavy atom. The molecule has 1 aromatic rings. The molecule has 0 amide bonds. The van der Waals surface area contributed by atoms with Crippen LogP contribution in [0, 0.1) is 5.92 Å².